The smallest absolute Gasteiger partial charge is 0.201 e. The zero-order valence-corrected chi connectivity index (χ0v) is 9.42. The predicted molar refractivity (Wildman–Crippen MR) is 54.0 cm³/mol. The highest BCUT2D eigenvalue weighted by molar-refractivity contribution is 8.12. The van der Waals surface area contributed by atoms with Crippen molar-refractivity contribution in [1.29, 1.82) is 0 Å². The van der Waals surface area contributed by atoms with Crippen LogP contribution in [0, 0.1) is 5.41 Å². The highest BCUT2D eigenvalue weighted by Gasteiger charge is 2.27. The lowest BCUT2D eigenvalue weighted by Crippen LogP contribution is -2.35. The summed E-state index contributed by atoms with van der Waals surface area (Å²) in [4.78, 5) is 0. The quantitative estimate of drug-likeness (QED) is 0.748. The molecule has 0 bridgehead atoms. The minimum absolute atomic E-state index is 0.111. The van der Waals surface area contributed by atoms with E-state index in [2.05, 4.69) is 11.6 Å². The molecule has 0 unspecified atom stereocenters. The summed E-state index contributed by atoms with van der Waals surface area (Å²) in [6.45, 7) is 2.58. The Balaban J connectivity index is 2.42. The summed E-state index contributed by atoms with van der Waals surface area (Å²) in [5.41, 5.74) is 0.111. The molecule has 0 aliphatic heterocycles. The molecule has 1 aliphatic rings. The van der Waals surface area contributed by atoms with E-state index in [1.165, 1.54) is 19.3 Å². The van der Waals surface area contributed by atoms with Gasteiger partial charge in [-0.05, 0) is 18.3 Å². The van der Waals surface area contributed by atoms with Crippen molar-refractivity contribution in [2.24, 2.45) is 5.41 Å². The first-order valence-corrected chi connectivity index (χ1v) is 6.92. The standard InChI is InChI=1S/C8H16ClNO2S/c1-8(5-3-2-4-6-8)7-10-13(9,11)12/h10H,2-7H2,1H3. The van der Waals surface area contributed by atoms with Gasteiger partial charge in [0, 0.05) is 17.2 Å². The van der Waals surface area contributed by atoms with Crippen molar-refractivity contribution in [2.45, 2.75) is 39.0 Å². The van der Waals surface area contributed by atoms with E-state index in [1.807, 2.05) is 0 Å². The van der Waals surface area contributed by atoms with Crippen molar-refractivity contribution in [1.82, 2.24) is 4.72 Å². The second-order valence-electron chi connectivity index (χ2n) is 4.13. The Bertz CT molecular complexity index is 257. The van der Waals surface area contributed by atoms with Gasteiger partial charge in [0.1, 0.15) is 0 Å². The van der Waals surface area contributed by atoms with Crippen molar-refractivity contribution in [2.75, 3.05) is 6.54 Å². The van der Waals surface area contributed by atoms with Crippen LogP contribution in [-0.4, -0.2) is 15.0 Å². The maximum Gasteiger partial charge on any atom is 0.297 e. The first-order chi connectivity index (χ1) is 5.91. The van der Waals surface area contributed by atoms with Crippen LogP contribution in [-0.2, 0) is 9.24 Å². The zero-order valence-electron chi connectivity index (χ0n) is 7.85. The average Bonchev–Trinajstić information content (AvgIpc) is 2.02. The van der Waals surface area contributed by atoms with E-state index in [4.69, 9.17) is 10.7 Å². The SMILES string of the molecule is CC1(CNS(=O)(=O)Cl)CCCCC1. The molecule has 0 atom stereocenters. The van der Waals surface area contributed by atoms with E-state index in [0.717, 1.165) is 12.8 Å². The lowest BCUT2D eigenvalue weighted by molar-refractivity contribution is 0.219. The van der Waals surface area contributed by atoms with Gasteiger partial charge in [-0.1, -0.05) is 26.2 Å². The Morgan fingerprint density at radius 1 is 1.31 bits per heavy atom. The molecule has 78 valence electrons. The maximum absolute atomic E-state index is 10.7. The van der Waals surface area contributed by atoms with Crippen molar-refractivity contribution in [3.63, 3.8) is 0 Å². The highest BCUT2D eigenvalue weighted by atomic mass is 35.7. The van der Waals surface area contributed by atoms with Crippen LogP contribution in [0.5, 0.6) is 0 Å². The molecule has 5 heteroatoms. The van der Waals surface area contributed by atoms with Crippen LogP contribution in [0.1, 0.15) is 39.0 Å². The minimum Gasteiger partial charge on any atom is -0.201 e. The van der Waals surface area contributed by atoms with Crippen LogP contribution in [0.3, 0.4) is 0 Å². The van der Waals surface area contributed by atoms with E-state index in [9.17, 15) is 8.42 Å². The van der Waals surface area contributed by atoms with E-state index >= 15 is 0 Å². The van der Waals surface area contributed by atoms with Gasteiger partial charge in [0.25, 0.3) is 9.24 Å². The molecule has 0 aromatic carbocycles. The van der Waals surface area contributed by atoms with Gasteiger partial charge in [-0.3, -0.25) is 0 Å². The topological polar surface area (TPSA) is 46.2 Å². The lowest BCUT2D eigenvalue weighted by atomic mass is 9.76. The molecular weight excluding hydrogens is 210 g/mol. The molecule has 1 saturated carbocycles. The summed E-state index contributed by atoms with van der Waals surface area (Å²) in [5, 5.41) is 0. The molecule has 1 aliphatic carbocycles. The minimum atomic E-state index is -3.54. The molecule has 0 amide bonds. The molecule has 1 rings (SSSR count). The van der Waals surface area contributed by atoms with Gasteiger partial charge >= 0.3 is 0 Å². The van der Waals surface area contributed by atoms with Gasteiger partial charge in [0.15, 0.2) is 0 Å². The van der Waals surface area contributed by atoms with Crippen molar-refractivity contribution < 1.29 is 8.42 Å². The van der Waals surface area contributed by atoms with Gasteiger partial charge in [-0.15, -0.1) is 0 Å². The van der Waals surface area contributed by atoms with Gasteiger partial charge in [0.05, 0.1) is 0 Å². The maximum atomic E-state index is 10.7. The van der Waals surface area contributed by atoms with Crippen LogP contribution >= 0.6 is 10.7 Å². The number of hydrogen-bond donors (Lipinski definition) is 1. The predicted octanol–water partition coefficient (Wildman–Crippen LogP) is 2.03. The fourth-order valence-corrected chi connectivity index (χ4v) is 2.53. The zero-order chi connectivity index (χ0) is 9.95. The second kappa shape index (κ2) is 4.15. The third-order valence-corrected chi connectivity index (χ3v) is 3.55. The van der Waals surface area contributed by atoms with Crippen molar-refractivity contribution >= 4 is 19.9 Å². The Morgan fingerprint density at radius 2 is 1.85 bits per heavy atom. The molecule has 0 aromatic heterocycles. The number of nitrogens with one attached hydrogen (secondary N) is 1. The van der Waals surface area contributed by atoms with Crippen LogP contribution in [0.25, 0.3) is 0 Å². The Kier molecular flexibility index (Phi) is 3.60. The third kappa shape index (κ3) is 4.29. The first-order valence-electron chi connectivity index (χ1n) is 4.61. The molecule has 13 heavy (non-hydrogen) atoms. The molecule has 0 saturated heterocycles. The Morgan fingerprint density at radius 3 is 2.31 bits per heavy atom. The molecule has 3 nitrogen and oxygen atoms in total. The molecule has 1 fully saturated rings. The van der Waals surface area contributed by atoms with Crippen LogP contribution in [0.4, 0.5) is 0 Å². The lowest BCUT2D eigenvalue weighted by Gasteiger charge is -2.33. The normalized spacial score (nSPS) is 22.9. The van der Waals surface area contributed by atoms with Gasteiger partial charge in [-0.25, -0.2) is 4.72 Å². The van der Waals surface area contributed by atoms with Crippen LogP contribution in [0.15, 0.2) is 0 Å². The molecule has 0 aromatic rings. The number of hydrogen-bond acceptors (Lipinski definition) is 2. The van der Waals surface area contributed by atoms with Crippen LogP contribution < -0.4 is 4.72 Å². The second-order valence-corrected chi connectivity index (χ2v) is 6.51. The van der Waals surface area contributed by atoms with E-state index in [0.29, 0.717) is 6.54 Å². The Hall–Kier alpha value is 0.200. The van der Waals surface area contributed by atoms with Gasteiger partial charge < -0.3 is 0 Å². The largest absolute Gasteiger partial charge is 0.297 e. The van der Waals surface area contributed by atoms with Crippen molar-refractivity contribution in [3.8, 4) is 0 Å². The Labute approximate surface area is 84.4 Å². The highest BCUT2D eigenvalue weighted by Crippen LogP contribution is 2.35. The van der Waals surface area contributed by atoms with E-state index in [-0.39, 0.29) is 5.41 Å². The summed E-state index contributed by atoms with van der Waals surface area (Å²) in [6, 6.07) is 0. The van der Waals surface area contributed by atoms with Crippen molar-refractivity contribution in [3.05, 3.63) is 0 Å². The van der Waals surface area contributed by atoms with Gasteiger partial charge in [0.2, 0.25) is 0 Å². The van der Waals surface area contributed by atoms with Gasteiger partial charge in [-0.2, -0.15) is 8.42 Å². The van der Waals surface area contributed by atoms with E-state index < -0.39 is 9.24 Å². The molecular formula is C8H16ClNO2S. The molecule has 0 radical (unpaired) electrons. The fourth-order valence-electron chi connectivity index (χ4n) is 1.84. The summed E-state index contributed by atoms with van der Waals surface area (Å²) in [5.74, 6) is 0. The van der Waals surface area contributed by atoms with Crippen LogP contribution in [0.2, 0.25) is 0 Å². The third-order valence-electron chi connectivity index (χ3n) is 2.73. The summed E-state index contributed by atoms with van der Waals surface area (Å²) in [7, 11) is 1.54. The molecule has 0 spiro atoms. The first kappa shape index (κ1) is 11.3. The summed E-state index contributed by atoms with van der Waals surface area (Å²) >= 11 is 0. The molecule has 0 heterocycles. The average molecular weight is 226 g/mol. The monoisotopic (exact) mass is 225 g/mol. The summed E-state index contributed by atoms with van der Waals surface area (Å²) in [6.07, 6.45) is 5.84. The number of rotatable bonds is 3. The summed E-state index contributed by atoms with van der Waals surface area (Å²) < 4.78 is 23.7. The number of halogens is 1. The van der Waals surface area contributed by atoms with E-state index in [1.54, 1.807) is 0 Å². The molecule has 1 N–H and O–H groups in total. The fraction of sp³-hybridized carbons (Fsp3) is 1.00.